The van der Waals surface area contributed by atoms with Crippen molar-refractivity contribution in [1.29, 1.82) is 0 Å². The smallest absolute Gasteiger partial charge is 0.229 e. The largest absolute Gasteiger partial charge is 0.324 e. The molecule has 1 N–H and O–H groups in total. The molecule has 118 valence electrons. The first-order chi connectivity index (χ1) is 11.0. The van der Waals surface area contributed by atoms with Crippen LogP contribution in [0.15, 0.2) is 42.7 Å². The summed E-state index contributed by atoms with van der Waals surface area (Å²) in [5.41, 5.74) is 2.30. The fourth-order valence-corrected chi connectivity index (χ4v) is 2.74. The summed E-state index contributed by atoms with van der Waals surface area (Å²) >= 11 is 6.12. The zero-order valence-corrected chi connectivity index (χ0v) is 13.4. The Morgan fingerprint density at radius 3 is 2.91 bits per heavy atom. The molecule has 2 amide bonds. The number of nitrogens with zero attached hydrogens (tertiary/aromatic N) is 2. The van der Waals surface area contributed by atoms with E-state index in [1.165, 1.54) is 0 Å². The summed E-state index contributed by atoms with van der Waals surface area (Å²) < 4.78 is 0. The second kappa shape index (κ2) is 6.38. The zero-order valence-electron chi connectivity index (χ0n) is 12.6. The number of anilines is 2. The maximum absolute atomic E-state index is 12.3. The van der Waals surface area contributed by atoms with Crippen molar-refractivity contribution in [1.82, 2.24) is 4.98 Å². The van der Waals surface area contributed by atoms with Gasteiger partial charge in [-0.05, 0) is 36.8 Å². The maximum atomic E-state index is 12.3. The lowest BCUT2D eigenvalue weighted by atomic mass is 10.1. The molecular formula is C17H16ClN3O2. The number of pyridine rings is 1. The number of hydrogen-bond acceptors (Lipinski definition) is 3. The molecular weight excluding hydrogens is 314 g/mol. The van der Waals surface area contributed by atoms with Crippen LogP contribution in [-0.4, -0.2) is 23.3 Å². The van der Waals surface area contributed by atoms with Gasteiger partial charge in [0, 0.05) is 29.9 Å². The van der Waals surface area contributed by atoms with Gasteiger partial charge in [0.2, 0.25) is 11.8 Å². The van der Waals surface area contributed by atoms with Crippen LogP contribution < -0.4 is 10.2 Å². The van der Waals surface area contributed by atoms with E-state index in [0.717, 1.165) is 11.3 Å². The van der Waals surface area contributed by atoms with Crippen molar-refractivity contribution in [3.05, 3.63) is 53.3 Å². The molecule has 23 heavy (non-hydrogen) atoms. The summed E-state index contributed by atoms with van der Waals surface area (Å²) in [5, 5.41) is 3.40. The lowest BCUT2D eigenvalue weighted by Crippen LogP contribution is -2.28. The number of aryl methyl sites for hydroxylation is 1. The fraction of sp³-hybridized carbons (Fsp3) is 0.235. The molecule has 1 aliphatic heterocycles. The van der Waals surface area contributed by atoms with Gasteiger partial charge in [-0.15, -0.1) is 0 Å². The molecule has 1 aromatic carbocycles. The Labute approximate surface area is 139 Å². The third-order valence-electron chi connectivity index (χ3n) is 3.89. The number of halogens is 1. The van der Waals surface area contributed by atoms with Crippen molar-refractivity contribution in [3.8, 4) is 0 Å². The molecule has 1 fully saturated rings. The Kier molecular flexibility index (Phi) is 4.30. The number of carbonyl (C=O) groups is 2. The zero-order chi connectivity index (χ0) is 16.4. The summed E-state index contributed by atoms with van der Waals surface area (Å²) in [6.07, 6.45) is 3.40. The van der Waals surface area contributed by atoms with Gasteiger partial charge < -0.3 is 10.2 Å². The summed E-state index contributed by atoms with van der Waals surface area (Å²) in [4.78, 5) is 30.1. The molecule has 0 aliphatic carbocycles. The van der Waals surface area contributed by atoms with Crippen molar-refractivity contribution >= 4 is 34.8 Å². The van der Waals surface area contributed by atoms with E-state index in [2.05, 4.69) is 10.3 Å². The van der Waals surface area contributed by atoms with Crippen molar-refractivity contribution in [2.24, 2.45) is 5.92 Å². The van der Waals surface area contributed by atoms with Gasteiger partial charge in [0.15, 0.2) is 0 Å². The normalized spacial score (nSPS) is 17.4. The summed E-state index contributed by atoms with van der Waals surface area (Å²) in [6.45, 7) is 2.26. The predicted molar refractivity (Wildman–Crippen MR) is 89.5 cm³/mol. The van der Waals surface area contributed by atoms with Gasteiger partial charge in [-0.1, -0.05) is 17.7 Å². The third-order valence-corrected chi connectivity index (χ3v) is 4.30. The highest BCUT2D eigenvalue weighted by Crippen LogP contribution is 2.29. The minimum Gasteiger partial charge on any atom is -0.324 e. The van der Waals surface area contributed by atoms with Gasteiger partial charge in [0.1, 0.15) is 0 Å². The van der Waals surface area contributed by atoms with Crippen molar-refractivity contribution < 1.29 is 9.59 Å². The monoisotopic (exact) mass is 329 g/mol. The van der Waals surface area contributed by atoms with Gasteiger partial charge in [-0.25, -0.2) is 0 Å². The first-order valence-corrected chi connectivity index (χ1v) is 7.70. The Morgan fingerprint density at radius 1 is 1.39 bits per heavy atom. The second-order valence-electron chi connectivity index (χ2n) is 5.57. The fourth-order valence-electron chi connectivity index (χ4n) is 2.56. The molecule has 0 bridgehead atoms. The van der Waals surface area contributed by atoms with E-state index in [4.69, 9.17) is 11.6 Å². The van der Waals surface area contributed by atoms with E-state index in [1.54, 1.807) is 35.5 Å². The van der Waals surface area contributed by atoms with Crippen molar-refractivity contribution in [3.63, 3.8) is 0 Å². The van der Waals surface area contributed by atoms with E-state index in [-0.39, 0.29) is 24.2 Å². The number of hydrogen-bond donors (Lipinski definition) is 1. The van der Waals surface area contributed by atoms with Crippen LogP contribution in [0.5, 0.6) is 0 Å². The van der Waals surface area contributed by atoms with E-state index in [9.17, 15) is 9.59 Å². The van der Waals surface area contributed by atoms with Crippen LogP contribution >= 0.6 is 11.6 Å². The minimum absolute atomic E-state index is 0.0729. The molecule has 0 spiro atoms. The Hall–Kier alpha value is -2.40. The van der Waals surface area contributed by atoms with Crippen LogP contribution in [0.1, 0.15) is 12.0 Å². The molecule has 6 heteroatoms. The number of nitrogens with one attached hydrogen (secondary N) is 1. The van der Waals surface area contributed by atoms with Gasteiger partial charge in [-0.3, -0.25) is 14.6 Å². The molecule has 2 aromatic rings. The van der Waals surface area contributed by atoms with Gasteiger partial charge >= 0.3 is 0 Å². The number of rotatable bonds is 3. The quantitative estimate of drug-likeness (QED) is 0.941. The summed E-state index contributed by atoms with van der Waals surface area (Å²) in [5.74, 6) is -0.633. The molecule has 1 aliphatic rings. The molecule has 5 nitrogen and oxygen atoms in total. The molecule has 0 unspecified atom stereocenters. The molecule has 0 radical (unpaired) electrons. The SMILES string of the molecule is Cc1ccc(N2C[C@@H](C(=O)Nc3cccnc3)CC2=O)cc1Cl. The summed E-state index contributed by atoms with van der Waals surface area (Å²) in [6, 6.07) is 8.99. The standard InChI is InChI=1S/C17H16ClN3O2/c1-11-4-5-14(8-15(11)18)21-10-12(7-16(21)22)17(23)20-13-3-2-6-19-9-13/h2-6,8-9,12H,7,10H2,1H3,(H,20,23)/t12-/m0/s1. The first kappa shape index (κ1) is 15.5. The van der Waals surface area contributed by atoms with Gasteiger partial charge in [0.25, 0.3) is 0 Å². The third kappa shape index (κ3) is 3.35. The van der Waals surface area contributed by atoms with Gasteiger partial charge in [-0.2, -0.15) is 0 Å². The van der Waals surface area contributed by atoms with E-state index in [0.29, 0.717) is 17.3 Å². The average molecular weight is 330 g/mol. The number of benzene rings is 1. The lowest BCUT2D eigenvalue weighted by molar-refractivity contribution is -0.122. The van der Waals surface area contributed by atoms with Gasteiger partial charge in [0.05, 0.1) is 17.8 Å². The Morgan fingerprint density at radius 2 is 2.22 bits per heavy atom. The molecule has 3 rings (SSSR count). The number of aromatic nitrogens is 1. The van der Waals surface area contributed by atoms with Crippen LogP contribution in [0.3, 0.4) is 0 Å². The predicted octanol–water partition coefficient (Wildman–Crippen LogP) is 3.04. The highest BCUT2D eigenvalue weighted by Gasteiger charge is 2.35. The van der Waals surface area contributed by atoms with Crippen LogP contribution in [-0.2, 0) is 9.59 Å². The highest BCUT2D eigenvalue weighted by atomic mass is 35.5. The second-order valence-corrected chi connectivity index (χ2v) is 5.98. The van der Waals surface area contributed by atoms with E-state index >= 15 is 0 Å². The molecule has 2 heterocycles. The highest BCUT2D eigenvalue weighted by molar-refractivity contribution is 6.31. The number of carbonyl (C=O) groups excluding carboxylic acids is 2. The van der Waals surface area contributed by atoms with Crippen LogP contribution in [0.25, 0.3) is 0 Å². The minimum atomic E-state index is -0.386. The Balaban J connectivity index is 1.71. The first-order valence-electron chi connectivity index (χ1n) is 7.32. The van der Waals surface area contributed by atoms with Crippen LogP contribution in [0, 0.1) is 12.8 Å². The molecule has 1 atom stereocenters. The number of amides is 2. The lowest BCUT2D eigenvalue weighted by Gasteiger charge is -2.17. The van der Waals surface area contributed by atoms with Crippen molar-refractivity contribution in [2.45, 2.75) is 13.3 Å². The van der Waals surface area contributed by atoms with Crippen LogP contribution in [0.2, 0.25) is 5.02 Å². The average Bonchev–Trinajstić information content (AvgIpc) is 2.93. The summed E-state index contributed by atoms with van der Waals surface area (Å²) in [7, 11) is 0. The molecule has 0 saturated carbocycles. The topological polar surface area (TPSA) is 62.3 Å². The van der Waals surface area contributed by atoms with E-state index in [1.807, 2.05) is 19.1 Å². The van der Waals surface area contributed by atoms with Crippen LogP contribution in [0.4, 0.5) is 11.4 Å². The maximum Gasteiger partial charge on any atom is 0.229 e. The van der Waals surface area contributed by atoms with Crippen molar-refractivity contribution in [2.75, 3.05) is 16.8 Å². The molecule has 1 saturated heterocycles. The Bertz CT molecular complexity index is 749. The van der Waals surface area contributed by atoms with E-state index < -0.39 is 0 Å². The molecule has 1 aromatic heterocycles.